The lowest BCUT2D eigenvalue weighted by Crippen LogP contribution is -2.31. The highest BCUT2D eigenvalue weighted by atomic mass is 19.1. The van der Waals surface area contributed by atoms with Crippen molar-refractivity contribution in [1.82, 2.24) is 4.90 Å². The molecule has 0 amide bonds. The Morgan fingerprint density at radius 3 is 2.70 bits per heavy atom. The number of nitrogens with zero attached hydrogens (tertiary/aromatic N) is 1. The minimum absolute atomic E-state index is 0.0186. The van der Waals surface area contributed by atoms with Crippen molar-refractivity contribution >= 4 is 5.78 Å². The summed E-state index contributed by atoms with van der Waals surface area (Å²) in [5, 5.41) is 0. The largest absolute Gasteiger partial charge is 0.296 e. The molecule has 0 saturated carbocycles. The van der Waals surface area contributed by atoms with Gasteiger partial charge in [0, 0.05) is 6.07 Å². The van der Waals surface area contributed by atoms with E-state index < -0.39 is 11.6 Å². The Morgan fingerprint density at radius 1 is 1.25 bits per heavy atom. The van der Waals surface area contributed by atoms with Crippen LogP contribution in [-0.2, 0) is 0 Å². The van der Waals surface area contributed by atoms with Gasteiger partial charge < -0.3 is 0 Å². The molecule has 0 aliphatic carbocycles. The van der Waals surface area contributed by atoms with Gasteiger partial charge in [-0.05, 0) is 49.9 Å². The maximum atomic E-state index is 13.6. The Balaban J connectivity index is 2.01. The number of benzene rings is 1. The van der Waals surface area contributed by atoms with Crippen LogP contribution in [0.1, 0.15) is 43.5 Å². The first-order valence-electron chi connectivity index (χ1n) is 7.08. The van der Waals surface area contributed by atoms with E-state index in [1.54, 1.807) is 0 Å². The van der Waals surface area contributed by atoms with Crippen LogP contribution in [0.15, 0.2) is 18.2 Å². The molecule has 1 aromatic carbocycles. The lowest BCUT2D eigenvalue weighted by Gasteiger charge is -2.22. The maximum absolute atomic E-state index is 13.6. The zero-order valence-electron chi connectivity index (χ0n) is 12.1. The van der Waals surface area contributed by atoms with Crippen LogP contribution in [0.3, 0.4) is 0 Å². The first kappa shape index (κ1) is 15.1. The van der Waals surface area contributed by atoms with E-state index in [-0.39, 0.29) is 17.9 Å². The number of carbonyl (C=O) groups is 1. The Kier molecular flexibility index (Phi) is 4.53. The molecule has 0 atom stereocenters. The summed E-state index contributed by atoms with van der Waals surface area (Å²) >= 11 is 0. The van der Waals surface area contributed by atoms with Crippen molar-refractivity contribution in [3.8, 4) is 0 Å². The molecule has 2 rings (SSSR count). The number of hydrogen-bond acceptors (Lipinski definition) is 2. The maximum Gasteiger partial charge on any atom is 0.179 e. The molecule has 1 heterocycles. The SMILES string of the molecule is CC1(C)CCCN(CC(=O)c2ccc(F)cc2F)CC1. The second-order valence-electron chi connectivity index (χ2n) is 6.34. The van der Waals surface area contributed by atoms with E-state index in [0.29, 0.717) is 5.41 Å². The molecule has 1 fully saturated rings. The highest BCUT2D eigenvalue weighted by Gasteiger charge is 2.24. The van der Waals surface area contributed by atoms with Crippen molar-refractivity contribution in [3.63, 3.8) is 0 Å². The standard InChI is InChI=1S/C16H21F2NO/c1-16(2)6-3-8-19(9-7-16)11-15(20)13-5-4-12(17)10-14(13)18/h4-5,10H,3,6-9,11H2,1-2H3. The van der Waals surface area contributed by atoms with Gasteiger partial charge in [0.25, 0.3) is 0 Å². The lowest BCUT2D eigenvalue weighted by atomic mass is 9.85. The van der Waals surface area contributed by atoms with Gasteiger partial charge in [-0.15, -0.1) is 0 Å². The van der Waals surface area contributed by atoms with Gasteiger partial charge in [0.2, 0.25) is 0 Å². The lowest BCUT2D eigenvalue weighted by molar-refractivity contribution is 0.0926. The van der Waals surface area contributed by atoms with Crippen molar-refractivity contribution in [3.05, 3.63) is 35.4 Å². The second kappa shape index (κ2) is 6.00. The van der Waals surface area contributed by atoms with Crippen LogP contribution in [-0.4, -0.2) is 30.3 Å². The fourth-order valence-corrected chi connectivity index (χ4v) is 2.64. The van der Waals surface area contributed by atoms with Gasteiger partial charge in [-0.2, -0.15) is 0 Å². The van der Waals surface area contributed by atoms with Gasteiger partial charge in [0.1, 0.15) is 11.6 Å². The van der Waals surface area contributed by atoms with Crippen LogP contribution in [0.2, 0.25) is 0 Å². The molecule has 0 aromatic heterocycles. The fraction of sp³-hybridized carbons (Fsp3) is 0.562. The van der Waals surface area contributed by atoms with Gasteiger partial charge in [-0.1, -0.05) is 13.8 Å². The Morgan fingerprint density at radius 2 is 2.00 bits per heavy atom. The third-order valence-electron chi connectivity index (χ3n) is 4.03. The van der Waals surface area contributed by atoms with Crippen LogP contribution < -0.4 is 0 Å². The zero-order chi connectivity index (χ0) is 14.8. The minimum Gasteiger partial charge on any atom is -0.296 e. The van der Waals surface area contributed by atoms with E-state index in [4.69, 9.17) is 0 Å². The average molecular weight is 281 g/mol. The summed E-state index contributed by atoms with van der Waals surface area (Å²) in [4.78, 5) is 14.2. The second-order valence-corrected chi connectivity index (χ2v) is 6.34. The van der Waals surface area contributed by atoms with Crippen molar-refractivity contribution in [2.24, 2.45) is 5.41 Å². The molecule has 0 spiro atoms. The zero-order valence-corrected chi connectivity index (χ0v) is 12.1. The number of ketones is 1. The molecular formula is C16H21F2NO. The first-order valence-corrected chi connectivity index (χ1v) is 7.08. The van der Waals surface area contributed by atoms with E-state index in [1.807, 2.05) is 0 Å². The number of rotatable bonds is 3. The Labute approximate surface area is 118 Å². The van der Waals surface area contributed by atoms with Crippen molar-refractivity contribution in [2.45, 2.75) is 33.1 Å². The van der Waals surface area contributed by atoms with Crippen LogP contribution in [0.5, 0.6) is 0 Å². The number of halogens is 2. The van der Waals surface area contributed by atoms with E-state index in [2.05, 4.69) is 18.7 Å². The van der Waals surface area contributed by atoms with Crippen LogP contribution in [0.25, 0.3) is 0 Å². The molecule has 1 aromatic rings. The van der Waals surface area contributed by atoms with Crippen LogP contribution in [0.4, 0.5) is 8.78 Å². The molecule has 1 aliphatic rings. The van der Waals surface area contributed by atoms with Gasteiger partial charge in [0.15, 0.2) is 5.78 Å². The smallest absolute Gasteiger partial charge is 0.179 e. The molecule has 110 valence electrons. The molecule has 0 bridgehead atoms. The van der Waals surface area contributed by atoms with Crippen molar-refractivity contribution in [1.29, 1.82) is 0 Å². The fourth-order valence-electron chi connectivity index (χ4n) is 2.64. The van der Waals surface area contributed by atoms with Crippen LogP contribution >= 0.6 is 0 Å². The van der Waals surface area contributed by atoms with E-state index >= 15 is 0 Å². The third kappa shape index (κ3) is 3.85. The molecule has 2 nitrogen and oxygen atoms in total. The summed E-state index contributed by atoms with van der Waals surface area (Å²) in [6.07, 6.45) is 3.22. The number of hydrogen-bond donors (Lipinski definition) is 0. The number of Topliss-reactive ketones (excluding diaryl/α,β-unsaturated/α-hetero) is 1. The predicted molar refractivity (Wildman–Crippen MR) is 74.8 cm³/mol. The number of likely N-dealkylation sites (tertiary alicyclic amines) is 1. The third-order valence-corrected chi connectivity index (χ3v) is 4.03. The van der Waals surface area contributed by atoms with E-state index in [1.165, 1.54) is 6.07 Å². The molecular weight excluding hydrogens is 260 g/mol. The summed E-state index contributed by atoms with van der Waals surface area (Å²) in [5.41, 5.74) is 0.286. The number of carbonyl (C=O) groups excluding carboxylic acids is 1. The molecule has 20 heavy (non-hydrogen) atoms. The Hall–Kier alpha value is -1.29. The van der Waals surface area contributed by atoms with Crippen LogP contribution in [0, 0.1) is 17.0 Å². The molecule has 0 radical (unpaired) electrons. The quantitative estimate of drug-likeness (QED) is 0.788. The van der Waals surface area contributed by atoms with Gasteiger partial charge in [-0.3, -0.25) is 9.69 Å². The first-order chi connectivity index (χ1) is 9.37. The monoisotopic (exact) mass is 281 g/mol. The molecule has 1 saturated heterocycles. The topological polar surface area (TPSA) is 20.3 Å². The summed E-state index contributed by atoms with van der Waals surface area (Å²) in [6.45, 7) is 6.38. The minimum atomic E-state index is -0.773. The predicted octanol–water partition coefficient (Wildman–Crippen LogP) is 3.66. The Bertz CT molecular complexity index is 499. The summed E-state index contributed by atoms with van der Waals surface area (Å²) < 4.78 is 26.4. The molecule has 4 heteroatoms. The van der Waals surface area contributed by atoms with Crippen molar-refractivity contribution < 1.29 is 13.6 Å². The summed E-state index contributed by atoms with van der Waals surface area (Å²) in [6, 6.07) is 3.12. The molecule has 0 unspecified atom stereocenters. The van der Waals surface area contributed by atoms with Gasteiger partial charge in [0.05, 0.1) is 12.1 Å². The molecule has 0 N–H and O–H groups in total. The average Bonchev–Trinajstić information content (AvgIpc) is 2.51. The normalized spacial score (nSPS) is 19.6. The van der Waals surface area contributed by atoms with Gasteiger partial charge in [-0.25, -0.2) is 8.78 Å². The summed E-state index contributed by atoms with van der Waals surface area (Å²) in [7, 11) is 0. The summed E-state index contributed by atoms with van der Waals surface area (Å²) in [5.74, 6) is -1.71. The van der Waals surface area contributed by atoms with Crippen molar-refractivity contribution in [2.75, 3.05) is 19.6 Å². The highest BCUT2D eigenvalue weighted by molar-refractivity contribution is 5.97. The van der Waals surface area contributed by atoms with E-state index in [9.17, 15) is 13.6 Å². The highest BCUT2D eigenvalue weighted by Crippen LogP contribution is 2.29. The van der Waals surface area contributed by atoms with E-state index in [0.717, 1.165) is 44.5 Å². The molecule has 1 aliphatic heterocycles. The van der Waals surface area contributed by atoms with Gasteiger partial charge >= 0.3 is 0 Å².